The van der Waals surface area contributed by atoms with E-state index in [4.69, 9.17) is 11.6 Å². The average Bonchev–Trinajstić information content (AvgIpc) is 2.38. The number of benzene rings is 2. The van der Waals surface area contributed by atoms with Gasteiger partial charge in [0.15, 0.2) is 0 Å². The first-order chi connectivity index (χ1) is 9.08. The van der Waals surface area contributed by atoms with Gasteiger partial charge in [0.05, 0.1) is 0 Å². The Balaban J connectivity index is 2.06. The lowest BCUT2D eigenvalue weighted by Gasteiger charge is -2.15. The summed E-state index contributed by atoms with van der Waals surface area (Å²) < 4.78 is 13.1. The van der Waals surface area contributed by atoms with Crippen molar-refractivity contribution in [3.63, 3.8) is 0 Å². The Bertz CT molecular complexity index is 554. The maximum atomic E-state index is 13.1. The minimum absolute atomic E-state index is 0.0358. The lowest BCUT2D eigenvalue weighted by molar-refractivity contribution is 0.460. The lowest BCUT2D eigenvalue weighted by Crippen LogP contribution is -2.18. The van der Waals surface area contributed by atoms with Gasteiger partial charge < -0.3 is 10.4 Å². The number of hydrogen-bond acceptors (Lipinski definition) is 2. The van der Waals surface area contributed by atoms with Gasteiger partial charge in [-0.15, -0.1) is 0 Å². The molecule has 1 unspecified atom stereocenters. The van der Waals surface area contributed by atoms with Gasteiger partial charge in [0, 0.05) is 23.2 Å². The number of nitrogens with one attached hydrogen (secondary N) is 1. The zero-order chi connectivity index (χ0) is 13.8. The number of phenolic OH excluding ortho intramolecular Hbond substituents is 1. The first kappa shape index (κ1) is 13.8. The third-order valence-electron chi connectivity index (χ3n) is 3.03. The standard InChI is InChI=1S/C15H15ClFNO/c1-10(11-4-2-5-12(17)8-11)18-9-13-14(16)6-3-7-15(13)19/h2-8,10,18-19H,9H2,1H3. The maximum absolute atomic E-state index is 13.1. The topological polar surface area (TPSA) is 32.3 Å². The smallest absolute Gasteiger partial charge is 0.123 e. The van der Waals surface area contributed by atoms with Crippen LogP contribution in [-0.4, -0.2) is 5.11 Å². The first-order valence-electron chi connectivity index (χ1n) is 6.03. The van der Waals surface area contributed by atoms with Gasteiger partial charge in [-0.3, -0.25) is 0 Å². The van der Waals surface area contributed by atoms with Crippen molar-refractivity contribution in [2.24, 2.45) is 0 Å². The Labute approximate surface area is 116 Å². The Hall–Kier alpha value is -1.58. The van der Waals surface area contributed by atoms with Gasteiger partial charge in [-0.25, -0.2) is 4.39 Å². The van der Waals surface area contributed by atoms with Crippen molar-refractivity contribution in [3.8, 4) is 5.75 Å². The van der Waals surface area contributed by atoms with Crippen LogP contribution in [0.4, 0.5) is 4.39 Å². The van der Waals surface area contributed by atoms with Crippen molar-refractivity contribution in [2.75, 3.05) is 0 Å². The molecule has 2 rings (SSSR count). The van der Waals surface area contributed by atoms with Gasteiger partial charge in [-0.05, 0) is 36.8 Å². The van der Waals surface area contributed by atoms with E-state index in [0.717, 1.165) is 5.56 Å². The molecule has 2 nitrogen and oxygen atoms in total. The van der Waals surface area contributed by atoms with Gasteiger partial charge in [0.1, 0.15) is 11.6 Å². The van der Waals surface area contributed by atoms with Gasteiger partial charge in [0.25, 0.3) is 0 Å². The van der Waals surface area contributed by atoms with Crippen molar-refractivity contribution < 1.29 is 9.50 Å². The monoisotopic (exact) mass is 279 g/mol. The number of aromatic hydroxyl groups is 1. The molecule has 0 bridgehead atoms. The number of hydrogen-bond donors (Lipinski definition) is 2. The van der Waals surface area contributed by atoms with Crippen LogP contribution in [0.2, 0.25) is 5.02 Å². The normalized spacial score (nSPS) is 12.4. The molecule has 19 heavy (non-hydrogen) atoms. The average molecular weight is 280 g/mol. The van der Waals surface area contributed by atoms with Crippen molar-refractivity contribution in [1.82, 2.24) is 5.32 Å². The van der Waals surface area contributed by atoms with Gasteiger partial charge >= 0.3 is 0 Å². The fraction of sp³-hybridized carbons (Fsp3) is 0.200. The highest BCUT2D eigenvalue weighted by Crippen LogP contribution is 2.25. The summed E-state index contributed by atoms with van der Waals surface area (Å²) in [5, 5.41) is 13.5. The minimum atomic E-state index is -0.258. The maximum Gasteiger partial charge on any atom is 0.123 e. The number of rotatable bonds is 4. The minimum Gasteiger partial charge on any atom is -0.508 e. The summed E-state index contributed by atoms with van der Waals surface area (Å²) >= 11 is 6.02. The van der Waals surface area contributed by atoms with Crippen LogP contribution in [-0.2, 0) is 6.54 Å². The molecule has 0 aliphatic heterocycles. The predicted octanol–water partition coefficient (Wildman–Crippen LogP) is 4.04. The van der Waals surface area contributed by atoms with Crippen molar-refractivity contribution in [1.29, 1.82) is 0 Å². The van der Waals surface area contributed by atoms with Crippen LogP contribution in [0.5, 0.6) is 5.75 Å². The molecule has 0 aliphatic rings. The fourth-order valence-electron chi connectivity index (χ4n) is 1.87. The largest absolute Gasteiger partial charge is 0.508 e. The Morgan fingerprint density at radius 3 is 2.68 bits per heavy atom. The van der Waals surface area contributed by atoms with E-state index >= 15 is 0 Å². The molecule has 0 heterocycles. The van der Waals surface area contributed by atoms with Crippen LogP contribution in [0.3, 0.4) is 0 Å². The molecular weight excluding hydrogens is 265 g/mol. The number of halogens is 2. The molecule has 0 fully saturated rings. The molecule has 2 aromatic carbocycles. The van der Waals surface area contributed by atoms with E-state index in [1.54, 1.807) is 24.3 Å². The van der Waals surface area contributed by atoms with Crippen LogP contribution >= 0.6 is 11.6 Å². The zero-order valence-electron chi connectivity index (χ0n) is 10.5. The van der Waals surface area contributed by atoms with E-state index in [-0.39, 0.29) is 17.6 Å². The molecule has 4 heteroatoms. The first-order valence-corrected chi connectivity index (χ1v) is 6.41. The van der Waals surface area contributed by atoms with Crippen LogP contribution in [0.25, 0.3) is 0 Å². The van der Waals surface area contributed by atoms with Gasteiger partial charge in [-0.2, -0.15) is 0 Å². The van der Waals surface area contributed by atoms with E-state index in [9.17, 15) is 9.50 Å². The van der Waals surface area contributed by atoms with Gasteiger partial charge in [-0.1, -0.05) is 29.8 Å². The lowest BCUT2D eigenvalue weighted by atomic mass is 10.1. The highest BCUT2D eigenvalue weighted by molar-refractivity contribution is 6.31. The highest BCUT2D eigenvalue weighted by Gasteiger charge is 2.09. The molecule has 100 valence electrons. The van der Waals surface area contributed by atoms with Crippen LogP contribution in [0.1, 0.15) is 24.1 Å². The highest BCUT2D eigenvalue weighted by atomic mass is 35.5. The molecule has 0 spiro atoms. The third kappa shape index (κ3) is 3.46. The van der Waals surface area contributed by atoms with E-state index in [1.807, 2.05) is 13.0 Å². The molecular formula is C15H15ClFNO. The van der Waals surface area contributed by atoms with Gasteiger partial charge in [0.2, 0.25) is 0 Å². The zero-order valence-corrected chi connectivity index (χ0v) is 11.3. The van der Waals surface area contributed by atoms with Crippen molar-refractivity contribution in [2.45, 2.75) is 19.5 Å². The molecule has 2 aromatic rings. The Kier molecular flexibility index (Phi) is 4.40. The predicted molar refractivity (Wildman–Crippen MR) is 74.8 cm³/mol. The van der Waals surface area contributed by atoms with E-state index in [1.165, 1.54) is 12.1 Å². The Morgan fingerprint density at radius 1 is 1.26 bits per heavy atom. The molecule has 0 radical (unpaired) electrons. The van der Waals surface area contributed by atoms with Crippen molar-refractivity contribution >= 4 is 11.6 Å². The van der Waals surface area contributed by atoms with E-state index in [2.05, 4.69) is 5.32 Å². The molecule has 2 N–H and O–H groups in total. The van der Waals surface area contributed by atoms with Crippen LogP contribution in [0.15, 0.2) is 42.5 Å². The summed E-state index contributed by atoms with van der Waals surface area (Å²) in [7, 11) is 0. The Morgan fingerprint density at radius 2 is 2.00 bits per heavy atom. The quantitative estimate of drug-likeness (QED) is 0.885. The van der Waals surface area contributed by atoms with E-state index in [0.29, 0.717) is 17.1 Å². The number of phenols is 1. The van der Waals surface area contributed by atoms with E-state index < -0.39 is 0 Å². The summed E-state index contributed by atoms with van der Waals surface area (Å²) in [5.74, 6) is -0.0989. The molecule has 0 saturated carbocycles. The second-order valence-electron chi connectivity index (χ2n) is 4.40. The summed E-state index contributed by atoms with van der Waals surface area (Å²) in [6.07, 6.45) is 0. The molecule has 0 aromatic heterocycles. The summed E-state index contributed by atoms with van der Waals surface area (Å²) in [6, 6.07) is 11.4. The second kappa shape index (κ2) is 6.04. The van der Waals surface area contributed by atoms with Crippen LogP contribution < -0.4 is 5.32 Å². The summed E-state index contributed by atoms with van der Waals surface area (Å²) in [6.45, 7) is 2.35. The molecule has 0 amide bonds. The molecule has 0 aliphatic carbocycles. The molecule has 0 saturated heterocycles. The second-order valence-corrected chi connectivity index (χ2v) is 4.80. The van der Waals surface area contributed by atoms with Crippen molar-refractivity contribution in [3.05, 3.63) is 64.4 Å². The SMILES string of the molecule is CC(NCc1c(O)cccc1Cl)c1cccc(F)c1. The third-order valence-corrected chi connectivity index (χ3v) is 3.38. The van der Waals surface area contributed by atoms with Crippen LogP contribution in [0, 0.1) is 5.82 Å². The summed E-state index contributed by atoms with van der Waals surface area (Å²) in [5.41, 5.74) is 1.50. The fourth-order valence-corrected chi connectivity index (χ4v) is 2.11. The summed E-state index contributed by atoms with van der Waals surface area (Å²) in [4.78, 5) is 0. The molecule has 1 atom stereocenters.